The van der Waals surface area contributed by atoms with Crippen molar-refractivity contribution in [1.82, 2.24) is 5.43 Å². The van der Waals surface area contributed by atoms with E-state index < -0.39 is 0 Å². The molecule has 0 radical (unpaired) electrons. The van der Waals surface area contributed by atoms with E-state index in [0.29, 0.717) is 17.0 Å². The van der Waals surface area contributed by atoms with Crippen LogP contribution >= 0.6 is 11.6 Å². The van der Waals surface area contributed by atoms with Crippen molar-refractivity contribution in [2.24, 2.45) is 5.84 Å². The van der Waals surface area contributed by atoms with Gasteiger partial charge in [0.1, 0.15) is 5.82 Å². The van der Waals surface area contributed by atoms with Gasteiger partial charge in [-0.15, -0.1) is 0 Å². The van der Waals surface area contributed by atoms with Crippen LogP contribution in [0.15, 0.2) is 42.5 Å². The Kier molecular flexibility index (Phi) is 5.12. The van der Waals surface area contributed by atoms with Gasteiger partial charge in [-0.2, -0.15) is 0 Å². The van der Waals surface area contributed by atoms with Gasteiger partial charge in [-0.25, -0.2) is 4.39 Å². The van der Waals surface area contributed by atoms with Crippen molar-refractivity contribution in [1.29, 1.82) is 0 Å². The zero-order valence-electron chi connectivity index (χ0n) is 11.4. The first-order valence-electron chi connectivity index (χ1n) is 6.63. The average molecular weight is 293 g/mol. The van der Waals surface area contributed by atoms with Crippen LogP contribution in [0, 0.1) is 5.82 Å². The molecule has 2 nitrogen and oxygen atoms in total. The van der Waals surface area contributed by atoms with Crippen LogP contribution in [0.4, 0.5) is 4.39 Å². The first kappa shape index (κ1) is 15.0. The fourth-order valence-corrected chi connectivity index (χ4v) is 2.35. The largest absolute Gasteiger partial charge is 0.271 e. The van der Waals surface area contributed by atoms with Gasteiger partial charge in [-0.1, -0.05) is 48.9 Å². The van der Waals surface area contributed by atoms with E-state index in [0.717, 1.165) is 12.0 Å². The van der Waals surface area contributed by atoms with Gasteiger partial charge in [-0.05, 0) is 36.1 Å². The van der Waals surface area contributed by atoms with Gasteiger partial charge in [0.05, 0.1) is 6.04 Å². The highest BCUT2D eigenvalue weighted by Crippen LogP contribution is 2.23. The fraction of sp³-hybridized carbons (Fsp3) is 0.250. The van der Waals surface area contributed by atoms with Crippen LogP contribution in [0.25, 0.3) is 0 Å². The zero-order valence-corrected chi connectivity index (χ0v) is 12.1. The van der Waals surface area contributed by atoms with Gasteiger partial charge in [0.25, 0.3) is 0 Å². The lowest BCUT2D eigenvalue weighted by atomic mass is 9.98. The molecule has 0 aromatic heterocycles. The molecule has 0 fully saturated rings. The smallest absolute Gasteiger partial charge is 0.129 e. The van der Waals surface area contributed by atoms with E-state index in [1.165, 1.54) is 11.6 Å². The minimum Gasteiger partial charge on any atom is -0.271 e. The maximum absolute atomic E-state index is 13.9. The second-order valence-corrected chi connectivity index (χ2v) is 5.20. The summed E-state index contributed by atoms with van der Waals surface area (Å²) >= 11 is 5.77. The average Bonchev–Trinajstić information content (AvgIpc) is 2.46. The number of rotatable bonds is 5. The van der Waals surface area contributed by atoms with Crippen LogP contribution in [0.2, 0.25) is 5.02 Å². The summed E-state index contributed by atoms with van der Waals surface area (Å²) < 4.78 is 13.9. The molecular formula is C16H18ClFN2. The maximum Gasteiger partial charge on any atom is 0.129 e. The Morgan fingerprint density at radius 3 is 2.35 bits per heavy atom. The van der Waals surface area contributed by atoms with Crippen molar-refractivity contribution in [3.8, 4) is 0 Å². The molecule has 1 atom stereocenters. The molecule has 0 amide bonds. The third-order valence-corrected chi connectivity index (χ3v) is 3.65. The number of benzene rings is 2. The van der Waals surface area contributed by atoms with Crippen LogP contribution in [0.3, 0.4) is 0 Å². The summed E-state index contributed by atoms with van der Waals surface area (Å²) in [6.45, 7) is 2.11. The molecule has 3 N–H and O–H groups in total. The minimum atomic E-state index is -0.342. The molecule has 0 heterocycles. The molecule has 0 aliphatic carbocycles. The molecule has 2 aromatic rings. The van der Waals surface area contributed by atoms with Crippen molar-refractivity contribution in [2.75, 3.05) is 0 Å². The van der Waals surface area contributed by atoms with E-state index in [-0.39, 0.29) is 11.9 Å². The lowest BCUT2D eigenvalue weighted by Crippen LogP contribution is -2.30. The molecular weight excluding hydrogens is 275 g/mol. The highest BCUT2D eigenvalue weighted by Gasteiger charge is 2.15. The summed E-state index contributed by atoms with van der Waals surface area (Å²) in [4.78, 5) is 0. The minimum absolute atomic E-state index is 0.278. The SMILES string of the molecule is CCc1ccc(CC(NN)c2ccc(Cl)cc2F)cc1. The predicted molar refractivity (Wildman–Crippen MR) is 81.0 cm³/mol. The summed E-state index contributed by atoms with van der Waals surface area (Å²) in [6, 6.07) is 12.6. The highest BCUT2D eigenvalue weighted by molar-refractivity contribution is 6.30. The molecule has 1 unspecified atom stereocenters. The van der Waals surface area contributed by atoms with E-state index in [1.54, 1.807) is 12.1 Å². The van der Waals surface area contributed by atoms with E-state index in [9.17, 15) is 4.39 Å². The third-order valence-electron chi connectivity index (χ3n) is 3.41. The third kappa shape index (κ3) is 3.57. The normalized spacial score (nSPS) is 12.4. The Balaban J connectivity index is 2.19. The monoisotopic (exact) mass is 292 g/mol. The summed E-state index contributed by atoms with van der Waals surface area (Å²) in [7, 11) is 0. The Morgan fingerprint density at radius 1 is 1.15 bits per heavy atom. The second-order valence-electron chi connectivity index (χ2n) is 4.76. The van der Waals surface area contributed by atoms with Crippen LogP contribution in [-0.4, -0.2) is 0 Å². The van der Waals surface area contributed by atoms with E-state index >= 15 is 0 Å². The van der Waals surface area contributed by atoms with Crippen molar-refractivity contribution < 1.29 is 4.39 Å². The van der Waals surface area contributed by atoms with Gasteiger partial charge in [0.2, 0.25) is 0 Å². The van der Waals surface area contributed by atoms with Gasteiger partial charge in [0.15, 0.2) is 0 Å². The number of hydrogen-bond acceptors (Lipinski definition) is 2. The molecule has 0 saturated heterocycles. The van der Waals surface area contributed by atoms with Crippen LogP contribution < -0.4 is 11.3 Å². The number of aryl methyl sites for hydroxylation is 1. The van der Waals surface area contributed by atoms with Gasteiger partial charge in [0, 0.05) is 10.6 Å². The summed E-state index contributed by atoms with van der Waals surface area (Å²) in [5.74, 6) is 5.22. The number of halogens is 2. The Labute approximate surface area is 123 Å². The Morgan fingerprint density at radius 2 is 1.80 bits per heavy atom. The molecule has 0 aliphatic heterocycles. The van der Waals surface area contributed by atoms with Crippen molar-refractivity contribution in [3.63, 3.8) is 0 Å². The van der Waals surface area contributed by atoms with E-state index in [2.05, 4.69) is 36.6 Å². The van der Waals surface area contributed by atoms with Crippen molar-refractivity contribution >= 4 is 11.6 Å². The van der Waals surface area contributed by atoms with Crippen molar-refractivity contribution in [2.45, 2.75) is 25.8 Å². The van der Waals surface area contributed by atoms with E-state index in [1.807, 2.05) is 0 Å². The lowest BCUT2D eigenvalue weighted by Gasteiger charge is -2.17. The lowest BCUT2D eigenvalue weighted by molar-refractivity contribution is 0.510. The van der Waals surface area contributed by atoms with Crippen LogP contribution in [0.5, 0.6) is 0 Å². The fourth-order valence-electron chi connectivity index (χ4n) is 2.19. The first-order chi connectivity index (χ1) is 9.63. The van der Waals surface area contributed by atoms with Gasteiger partial charge >= 0.3 is 0 Å². The Hall–Kier alpha value is -1.42. The quantitative estimate of drug-likeness (QED) is 0.650. The number of nitrogens with one attached hydrogen (secondary N) is 1. The van der Waals surface area contributed by atoms with Gasteiger partial charge < -0.3 is 0 Å². The maximum atomic E-state index is 13.9. The summed E-state index contributed by atoms with van der Waals surface area (Å²) in [6.07, 6.45) is 1.63. The van der Waals surface area contributed by atoms with Crippen LogP contribution in [0.1, 0.15) is 29.7 Å². The molecule has 4 heteroatoms. The van der Waals surface area contributed by atoms with E-state index in [4.69, 9.17) is 17.4 Å². The molecule has 0 bridgehead atoms. The standard InChI is InChI=1S/C16H18ClFN2/c1-2-11-3-5-12(6-4-11)9-16(20-19)14-8-7-13(17)10-15(14)18/h3-8,10,16,20H,2,9,19H2,1H3. The first-order valence-corrected chi connectivity index (χ1v) is 7.00. The summed E-state index contributed by atoms with van der Waals surface area (Å²) in [5.41, 5.74) is 5.59. The molecule has 106 valence electrons. The molecule has 0 saturated carbocycles. The molecule has 0 aliphatic rings. The number of nitrogens with two attached hydrogens (primary N) is 1. The van der Waals surface area contributed by atoms with Gasteiger partial charge in [-0.3, -0.25) is 11.3 Å². The topological polar surface area (TPSA) is 38.0 Å². The number of hydrazine groups is 1. The highest BCUT2D eigenvalue weighted by atomic mass is 35.5. The zero-order chi connectivity index (χ0) is 14.5. The molecule has 0 spiro atoms. The molecule has 2 rings (SSSR count). The molecule has 20 heavy (non-hydrogen) atoms. The predicted octanol–water partition coefficient (Wildman–Crippen LogP) is 3.79. The molecule has 2 aromatic carbocycles. The summed E-state index contributed by atoms with van der Waals surface area (Å²) in [5, 5.41) is 0.384. The second kappa shape index (κ2) is 6.84. The van der Waals surface area contributed by atoms with Crippen molar-refractivity contribution in [3.05, 3.63) is 70.0 Å². The number of hydrogen-bond donors (Lipinski definition) is 2. The Bertz CT molecular complexity index is 569. The van der Waals surface area contributed by atoms with Crippen LogP contribution in [-0.2, 0) is 12.8 Å².